The molecule has 138 valence electrons. The van der Waals surface area contributed by atoms with Gasteiger partial charge in [0.25, 0.3) is 0 Å². The molecule has 4 aliphatic rings. The number of nitrogens with one attached hydrogen (secondary N) is 2. The van der Waals surface area contributed by atoms with Crippen molar-refractivity contribution >= 4 is 23.6 Å². The van der Waals surface area contributed by atoms with Crippen molar-refractivity contribution in [3.05, 3.63) is 6.33 Å². The molecule has 2 heterocycles. The van der Waals surface area contributed by atoms with Gasteiger partial charge in [-0.05, 0) is 55.6 Å². The van der Waals surface area contributed by atoms with E-state index in [9.17, 15) is 4.79 Å². The molecule has 4 N–H and O–H groups in total. The van der Waals surface area contributed by atoms with Gasteiger partial charge in [0.15, 0.2) is 6.33 Å². The van der Waals surface area contributed by atoms with Crippen molar-refractivity contribution < 1.29 is 4.79 Å². The van der Waals surface area contributed by atoms with E-state index in [1.165, 1.54) is 24.5 Å². The van der Waals surface area contributed by atoms with Crippen molar-refractivity contribution in [2.45, 2.75) is 54.8 Å². The minimum atomic E-state index is -0.159. The summed E-state index contributed by atoms with van der Waals surface area (Å²) in [6.45, 7) is 0. The number of hydrogen-bond acceptors (Lipinski definition) is 8. The Balaban J connectivity index is 1.31. The van der Waals surface area contributed by atoms with Crippen molar-refractivity contribution in [2.24, 2.45) is 11.8 Å². The van der Waals surface area contributed by atoms with Gasteiger partial charge in [0.1, 0.15) is 0 Å². The van der Waals surface area contributed by atoms with Crippen LogP contribution in [0.3, 0.4) is 0 Å². The highest BCUT2D eigenvalue weighted by Gasteiger charge is 2.60. The van der Waals surface area contributed by atoms with Crippen molar-refractivity contribution in [2.75, 3.05) is 11.5 Å². The Bertz CT molecular complexity index is 805. The van der Waals surface area contributed by atoms with Gasteiger partial charge < -0.3 is 11.1 Å². The molecule has 0 aliphatic heterocycles. The van der Waals surface area contributed by atoms with E-state index in [1.807, 2.05) is 0 Å². The van der Waals surface area contributed by atoms with Gasteiger partial charge in [-0.2, -0.15) is 9.78 Å². The minimum Gasteiger partial charge on any atom is -0.368 e. The number of thioether (sulfide) groups is 1. The number of amides is 1. The molecule has 2 aromatic heterocycles. The van der Waals surface area contributed by atoms with Gasteiger partial charge in [0.05, 0.1) is 11.3 Å². The molecule has 4 fully saturated rings. The quantitative estimate of drug-likeness (QED) is 0.635. The van der Waals surface area contributed by atoms with Gasteiger partial charge in [0, 0.05) is 5.54 Å². The van der Waals surface area contributed by atoms with E-state index in [-0.39, 0.29) is 28.7 Å². The number of tetrazole rings is 1. The number of aromatic amines is 1. The molecule has 0 spiro atoms. The molecule has 26 heavy (non-hydrogen) atoms. The second-order valence-corrected chi connectivity index (χ2v) is 8.97. The fraction of sp³-hybridized carbons (Fsp3) is 0.733. The molecule has 0 radical (unpaired) electrons. The van der Waals surface area contributed by atoms with Crippen molar-refractivity contribution in [3.63, 3.8) is 0 Å². The van der Waals surface area contributed by atoms with Crippen molar-refractivity contribution in [1.82, 2.24) is 40.7 Å². The lowest BCUT2D eigenvalue weighted by Crippen LogP contribution is -2.66. The van der Waals surface area contributed by atoms with Crippen LogP contribution in [0.15, 0.2) is 11.5 Å². The highest BCUT2D eigenvalue weighted by molar-refractivity contribution is 7.99. The molecule has 1 amide bonds. The summed E-state index contributed by atoms with van der Waals surface area (Å²) in [4.78, 5) is 18.4. The van der Waals surface area contributed by atoms with E-state index in [0.717, 1.165) is 32.1 Å². The number of carbonyl (C=O) groups excluding carboxylic acids is 1. The zero-order chi connectivity index (χ0) is 17.8. The number of anilines is 1. The normalized spacial score (nSPS) is 34.9. The maximum Gasteiger partial charge on any atom is 0.230 e. The molecule has 4 saturated carbocycles. The zero-order valence-electron chi connectivity index (χ0n) is 14.3. The molecule has 10 nitrogen and oxygen atoms in total. The first kappa shape index (κ1) is 16.0. The smallest absolute Gasteiger partial charge is 0.230 e. The third-order valence-corrected chi connectivity index (χ3v) is 6.87. The second kappa shape index (κ2) is 5.66. The number of carbonyl (C=O) groups is 1. The summed E-state index contributed by atoms with van der Waals surface area (Å²) in [7, 11) is 0. The van der Waals surface area contributed by atoms with Crippen LogP contribution in [-0.4, -0.2) is 52.6 Å². The maximum absolute atomic E-state index is 12.6. The van der Waals surface area contributed by atoms with Gasteiger partial charge in [-0.25, -0.2) is 5.10 Å². The Hall–Kier alpha value is -2.17. The lowest BCUT2D eigenvalue weighted by molar-refractivity contribution is -0.129. The van der Waals surface area contributed by atoms with Gasteiger partial charge in [-0.15, -0.1) is 15.3 Å². The Morgan fingerprint density at radius 1 is 1.38 bits per heavy atom. The molecule has 0 saturated heterocycles. The van der Waals surface area contributed by atoms with Crippen LogP contribution >= 0.6 is 11.8 Å². The average molecular weight is 375 g/mol. The Labute approximate surface area is 154 Å². The molecular formula is C15H21N9OS. The number of aromatic nitrogens is 7. The Morgan fingerprint density at radius 3 is 2.85 bits per heavy atom. The van der Waals surface area contributed by atoms with E-state index >= 15 is 0 Å². The molecule has 6 rings (SSSR count). The SMILES string of the molecule is Nc1nc(SCC(=O)NC23CC4CC(C2)CC(n2ncnn2)(C4)C3)n[nH]1. The van der Waals surface area contributed by atoms with Crippen LogP contribution in [0.25, 0.3) is 0 Å². The summed E-state index contributed by atoms with van der Waals surface area (Å²) in [5, 5.41) is 22.8. The third-order valence-electron chi connectivity index (χ3n) is 6.02. The van der Waals surface area contributed by atoms with Gasteiger partial charge >= 0.3 is 0 Å². The molecule has 11 heteroatoms. The van der Waals surface area contributed by atoms with E-state index in [1.54, 1.807) is 4.80 Å². The highest BCUT2D eigenvalue weighted by atomic mass is 32.2. The summed E-state index contributed by atoms with van der Waals surface area (Å²) in [5.41, 5.74) is 5.26. The van der Waals surface area contributed by atoms with Crippen LogP contribution in [-0.2, 0) is 10.3 Å². The number of nitrogens with zero attached hydrogens (tertiary/aromatic N) is 6. The third kappa shape index (κ3) is 2.65. The number of rotatable bonds is 5. The monoisotopic (exact) mass is 375 g/mol. The van der Waals surface area contributed by atoms with Crippen molar-refractivity contribution in [3.8, 4) is 0 Å². The number of hydrogen-bond donors (Lipinski definition) is 3. The Morgan fingerprint density at radius 2 is 2.19 bits per heavy atom. The van der Waals surface area contributed by atoms with Crippen molar-refractivity contribution in [1.29, 1.82) is 0 Å². The molecular weight excluding hydrogens is 354 g/mol. The van der Waals surface area contributed by atoms with Crippen LogP contribution < -0.4 is 11.1 Å². The highest BCUT2D eigenvalue weighted by Crippen LogP contribution is 2.60. The second-order valence-electron chi connectivity index (χ2n) is 8.03. The summed E-state index contributed by atoms with van der Waals surface area (Å²) in [6.07, 6.45) is 7.90. The first-order chi connectivity index (χ1) is 12.5. The van der Waals surface area contributed by atoms with Gasteiger partial charge in [0.2, 0.25) is 17.0 Å². The van der Waals surface area contributed by atoms with Gasteiger partial charge in [-0.3, -0.25) is 4.79 Å². The molecule has 2 atom stereocenters. The molecule has 4 bridgehead atoms. The van der Waals surface area contributed by atoms with Crippen LogP contribution in [0.1, 0.15) is 38.5 Å². The molecule has 2 aromatic rings. The predicted molar refractivity (Wildman–Crippen MR) is 92.9 cm³/mol. The molecule has 0 aromatic carbocycles. The largest absolute Gasteiger partial charge is 0.368 e. The first-order valence-corrected chi connectivity index (χ1v) is 9.88. The van der Waals surface area contributed by atoms with Crippen LogP contribution in [0.5, 0.6) is 0 Å². The maximum atomic E-state index is 12.6. The van der Waals surface area contributed by atoms with E-state index in [4.69, 9.17) is 5.73 Å². The Kier molecular flexibility index (Phi) is 3.49. The summed E-state index contributed by atoms with van der Waals surface area (Å²) in [6, 6.07) is 0. The van der Waals surface area contributed by atoms with Gasteiger partial charge in [-0.1, -0.05) is 11.8 Å². The summed E-state index contributed by atoms with van der Waals surface area (Å²) >= 11 is 1.29. The predicted octanol–water partition coefficient (Wildman–Crippen LogP) is 0.330. The minimum absolute atomic E-state index is 0.0158. The average Bonchev–Trinajstić information content (AvgIpc) is 3.23. The van der Waals surface area contributed by atoms with E-state index < -0.39 is 0 Å². The first-order valence-electron chi connectivity index (χ1n) is 8.89. The fourth-order valence-electron chi connectivity index (χ4n) is 5.76. The number of H-pyrrole nitrogens is 1. The van der Waals surface area contributed by atoms with Crippen LogP contribution in [0.2, 0.25) is 0 Å². The topological polar surface area (TPSA) is 140 Å². The van der Waals surface area contributed by atoms with Crippen LogP contribution in [0.4, 0.5) is 5.95 Å². The summed E-state index contributed by atoms with van der Waals surface area (Å²) in [5.74, 6) is 1.78. The molecule has 4 aliphatic carbocycles. The lowest BCUT2D eigenvalue weighted by atomic mass is 9.50. The van der Waals surface area contributed by atoms with E-state index in [0.29, 0.717) is 17.0 Å². The standard InChI is InChI=1S/C15H21N9OS/c16-12-19-13(22-21-12)26-6-11(25)20-14-2-9-1-10(3-14)5-15(4-9,7-14)24-18-8-17-23-24/h8-10H,1-7H2,(H,20,25)(H3,16,19,21,22). The molecule has 2 unspecified atom stereocenters. The van der Waals surface area contributed by atoms with E-state index in [2.05, 4.69) is 35.9 Å². The van der Waals surface area contributed by atoms with Crippen LogP contribution in [0, 0.1) is 11.8 Å². The number of nitrogen functional groups attached to an aromatic ring is 1. The summed E-state index contributed by atoms with van der Waals surface area (Å²) < 4.78 is 0. The lowest BCUT2D eigenvalue weighted by Gasteiger charge is -2.61. The zero-order valence-corrected chi connectivity index (χ0v) is 15.1. The fourth-order valence-corrected chi connectivity index (χ4v) is 6.37. The number of nitrogens with two attached hydrogens (primary N) is 1.